The lowest BCUT2D eigenvalue weighted by atomic mass is 9.94. The Morgan fingerprint density at radius 2 is 0.941 bits per heavy atom. The van der Waals surface area contributed by atoms with Gasteiger partial charge in [0.1, 0.15) is 11.2 Å². The number of furan rings is 1. The van der Waals surface area contributed by atoms with Gasteiger partial charge >= 0.3 is 0 Å². The summed E-state index contributed by atoms with van der Waals surface area (Å²) in [7, 11) is 0. The number of rotatable bonds is 5. The molecule has 0 aliphatic carbocycles. The summed E-state index contributed by atoms with van der Waals surface area (Å²) < 4.78 is 6.80. The van der Waals surface area contributed by atoms with E-state index in [9.17, 15) is 0 Å². The maximum absolute atomic E-state index is 6.80. The molecule has 0 aliphatic heterocycles. The second kappa shape index (κ2) is 11.9. The number of aromatic nitrogens is 3. The van der Waals surface area contributed by atoms with Crippen molar-refractivity contribution >= 4 is 43.5 Å². The second-order valence-corrected chi connectivity index (χ2v) is 12.8. The van der Waals surface area contributed by atoms with Gasteiger partial charge in [-0.15, -0.1) is 0 Å². The summed E-state index contributed by atoms with van der Waals surface area (Å²) >= 11 is 0. The first-order valence-electron chi connectivity index (χ1n) is 17.1. The van der Waals surface area contributed by atoms with Gasteiger partial charge in [0.2, 0.25) is 0 Å². The zero-order valence-electron chi connectivity index (χ0n) is 27.5. The van der Waals surface area contributed by atoms with Crippen LogP contribution in [0.5, 0.6) is 0 Å². The number of benzene rings is 8. The van der Waals surface area contributed by atoms with Crippen LogP contribution in [0.25, 0.3) is 99.9 Å². The summed E-state index contributed by atoms with van der Waals surface area (Å²) in [6, 6.07) is 61.0. The first-order valence-corrected chi connectivity index (χ1v) is 17.1. The van der Waals surface area contributed by atoms with Crippen LogP contribution in [-0.4, -0.2) is 15.0 Å². The lowest BCUT2D eigenvalue weighted by molar-refractivity contribution is 0.673. The summed E-state index contributed by atoms with van der Waals surface area (Å²) in [5, 5.41) is 6.76. The normalized spacial score (nSPS) is 11.5. The van der Waals surface area contributed by atoms with Crippen molar-refractivity contribution in [1.29, 1.82) is 0 Å². The lowest BCUT2D eigenvalue weighted by Gasteiger charge is -2.12. The molecule has 0 bridgehead atoms. The van der Waals surface area contributed by atoms with E-state index in [1.807, 2.05) is 36.4 Å². The third-order valence-electron chi connectivity index (χ3n) is 9.68. The average Bonchev–Trinajstić information content (AvgIpc) is 3.60. The minimum Gasteiger partial charge on any atom is -0.455 e. The minimum absolute atomic E-state index is 0.582. The van der Waals surface area contributed by atoms with Crippen molar-refractivity contribution in [3.63, 3.8) is 0 Å². The van der Waals surface area contributed by atoms with Gasteiger partial charge in [0.05, 0.1) is 0 Å². The molecule has 0 atom stereocenters. The van der Waals surface area contributed by atoms with Crippen molar-refractivity contribution in [3.8, 4) is 56.4 Å². The SMILES string of the molecule is c1ccc(-c2cccc(-c3nc(-c4ccccc4)nc(-c4cc(-c5ccc6ccccc6c5)c5c(c4)oc4c6ccccc6ccc45)n3)c2)cc1. The maximum Gasteiger partial charge on any atom is 0.164 e. The molecule has 10 rings (SSSR count). The Labute approximate surface area is 294 Å². The highest BCUT2D eigenvalue weighted by atomic mass is 16.3. The Bertz CT molecular complexity index is 2910. The van der Waals surface area contributed by atoms with Crippen molar-refractivity contribution in [2.24, 2.45) is 0 Å². The van der Waals surface area contributed by atoms with Crippen molar-refractivity contribution in [2.45, 2.75) is 0 Å². The van der Waals surface area contributed by atoms with Gasteiger partial charge in [0, 0.05) is 32.8 Å². The van der Waals surface area contributed by atoms with Crippen LogP contribution < -0.4 is 0 Å². The molecule has 2 aromatic heterocycles. The maximum atomic E-state index is 6.80. The zero-order chi connectivity index (χ0) is 33.7. The number of fused-ring (bicyclic) bond motifs is 6. The molecule has 0 saturated carbocycles. The first-order chi connectivity index (χ1) is 25.2. The molecule has 0 fully saturated rings. The molecule has 51 heavy (non-hydrogen) atoms. The molecule has 0 N–H and O–H groups in total. The largest absolute Gasteiger partial charge is 0.455 e. The number of nitrogens with zero attached hydrogens (tertiary/aromatic N) is 3. The van der Waals surface area contributed by atoms with E-state index in [1.165, 1.54) is 10.8 Å². The standard InChI is InChI=1S/C47H29N3O/c1-3-12-30(13-4-1)35-19-11-20-37(27-35)46-48-45(33-16-5-2-6-17-33)49-47(50-46)38-28-41(36-23-22-31-14-7-8-18-34(31)26-36)43-40-25-24-32-15-9-10-21-39(32)44(40)51-42(43)29-38/h1-29H. The third kappa shape index (κ3) is 5.13. The van der Waals surface area contributed by atoms with Crippen LogP contribution in [0.4, 0.5) is 0 Å². The van der Waals surface area contributed by atoms with Crippen LogP contribution in [0.15, 0.2) is 180 Å². The summed E-state index contributed by atoms with van der Waals surface area (Å²) in [5.41, 5.74) is 8.77. The van der Waals surface area contributed by atoms with Gasteiger partial charge in [0.25, 0.3) is 0 Å². The first kappa shape index (κ1) is 29.0. The fourth-order valence-corrected chi connectivity index (χ4v) is 7.17. The van der Waals surface area contributed by atoms with Crippen LogP contribution >= 0.6 is 0 Å². The van der Waals surface area contributed by atoms with E-state index in [1.54, 1.807) is 0 Å². The Kier molecular flexibility index (Phi) is 6.78. The topological polar surface area (TPSA) is 51.8 Å². The quantitative estimate of drug-likeness (QED) is 0.186. The number of hydrogen-bond acceptors (Lipinski definition) is 4. The number of hydrogen-bond donors (Lipinski definition) is 0. The predicted molar refractivity (Wildman–Crippen MR) is 209 cm³/mol. The highest BCUT2D eigenvalue weighted by Crippen LogP contribution is 2.42. The molecule has 0 amide bonds. The van der Waals surface area contributed by atoms with E-state index >= 15 is 0 Å². The van der Waals surface area contributed by atoms with Gasteiger partial charge < -0.3 is 4.42 Å². The van der Waals surface area contributed by atoms with Crippen LogP contribution in [0, 0.1) is 0 Å². The Hall–Kier alpha value is -6.91. The van der Waals surface area contributed by atoms with Crippen LogP contribution in [0.1, 0.15) is 0 Å². The summed E-state index contributed by atoms with van der Waals surface area (Å²) in [5.74, 6) is 1.81. The molecule has 4 nitrogen and oxygen atoms in total. The molecule has 0 radical (unpaired) electrons. The van der Waals surface area contributed by atoms with Crippen molar-refractivity contribution in [2.75, 3.05) is 0 Å². The van der Waals surface area contributed by atoms with E-state index in [0.29, 0.717) is 17.5 Å². The van der Waals surface area contributed by atoms with Gasteiger partial charge in [-0.05, 0) is 68.7 Å². The Morgan fingerprint density at radius 1 is 0.333 bits per heavy atom. The van der Waals surface area contributed by atoms with Crippen molar-refractivity contribution in [1.82, 2.24) is 15.0 Å². The van der Waals surface area contributed by atoms with E-state index in [4.69, 9.17) is 19.4 Å². The Morgan fingerprint density at radius 3 is 1.75 bits per heavy atom. The highest BCUT2D eigenvalue weighted by Gasteiger charge is 2.20. The lowest BCUT2D eigenvalue weighted by Crippen LogP contribution is -2.00. The predicted octanol–water partition coefficient (Wildman–Crippen LogP) is 12.4. The molecule has 0 saturated heterocycles. The van der Waals surface area contributed by atoms with Gasteiger partial charge in [-0.1, -0.05) is 146 Å². The molecule has 0 aliphatic rings. The summed E-state index contributed by atoms with van der Waals surface area (Å²) in [4.78, 5) is 15.3. The highest BCUT2D eigenvalue weighted by molar-refractivity contribution is 6.20. The van der Waals surface area contributed by atoms with Crippen LogP contribution in [-0.2, 0) is 0 Å². The van der Waals surface area contributed by atoms with E-state index in [0.717, 1.165) is 71.7 Å². The van der Waals surface area contributed by atoms with Gasteiger partial charge in [-0.3, -0.25) is 0 Å². The van der Waals surface area contributed by atoms with Crippen molar-refractivity contribution in [3.05, 3.63) is 176 Å². The van der Waals surface area contributed by atoms with Crippen LogP contribution in [0.3, 0.4) is 0 Å². The zero-order valence-corrected chi connectivity index (χ0v) is 27.5. The average molecular weight is 652 g/mol. The molecule has 238 valence electrons. The van der Waals surface area contributed by atoms with Gasteiger partial charge in [-0.25, -0.2) is 15.0 Å². The monoisotopic (exact) mass is 651 g/mol. The molecule has 2 heterocycles. The Balaban J connectivity index is 1.24. The molecule has 4 heteroatoms. The molecule has 10 aromatic rings. The minimum atomic E-state index is 0.582. The second-order valence-electron chi connectivity index (χ2n) is 12.8. The smallest absolute Gasteiger partial charge is 0.164 e. The summed E-state index contributed by atoms with van der Waals surface area (Å²) in [6.07, 6.45) is 0. The summed E-state index contributed by atoms with van der Waals surface area (Å²) in [6.45, 7) is 0. The fourth-order valence-electron chi connectivity index (χ4n) is 7.17. The van der Waals surface area contributed by atoms with E-state index < -0.39 is 0 Å². The molecular formula is C47H29N3O. The fraction of sp³-hybridized carbons (Fsp3) is 0. The molecule has 0 unspecified atom stereocenters. The van der Waals surface area contributed by atoms with E-state index in [-0.39, 0.29) is 0 Å². The third-order valence-corrected chi connectivity index (χ3v) is 9.68. The van der Waals surface area contributed by atoms with Gasteiger partial charge in [0.15, 0.2) is 17.5 Å². The van der Waals surface area contributed by atoms with Gasteiger partial charge in [-0.2, -0.15) is 0 Å². The van der Waals surface area contributed by atoms with E-state index in [2.05, 4.69) is 140 Å². The van der Waals surface area contributed by atoms with Crippen molar-refractivity contribution < 1.29 is 4.42 Å². The van der Waals surface area contributed by atoms with Crippen LogP contribution in [0.2, 0.25) is 0 Å². The molecule has 8 aromatic carbocycles. The molecular weight excluding hydrogens is 623 g/mol. The molecule has 0 spiro atoms.